The molecule has 4 atom stereocenters. The largest absolute Gasteiger partial charge is 0.611 e. The second-order valence-corrected chi connectivity index (χ2v) is 9.19. The highest BCUT2D eigenvalue weighted by Crippen LogP contribution is 2.23. The Kier molecular flexibility index (Phi) is 9.93. The van der Waals surface area contributed by atoms with Crippen molar-refractivity contribution in [2.45, 2.75) is 61.1 Å². The van der Waals surface area contributed by atoms with E-state index < -0.39 is 22.5 Å². The Bertz CT molecular complexity index is 731. The average molecular weight is 429 g/mol. The second kappa shape index (κ2) is 12.9. The Morgan fingerprint density at radius 3 is 2.50 bits per heavy atom. The number of aliphatic hydroxyl groups is 1. The van der Waals surface area contributed by atoms with Gasteiger partial charge in [0.15, 0.2) is 16.4 Å². The summed E-state index contributed by atoms with van der Waals surface area (Å²) in [4.78, 5) is 0.733. The van der Waals surface area contributed by atoms with Gasteiger partial charge in [0.2, 0.25) is 0 Å². The van der Waals surface area contributed by atoms with E-state index in [9.17, 15) is 9.66 Å². The molecule has 1 saturated heterocycles. The van der Waals surface area contributed by atoms with Crippen LogP contribution >= 0.6 is 0 Å². The molecule has 0 amide bonds. The number of aliphatic hydroxyl groups excluding tert-OH is 1. The maximum absolute atomic E-state index is 13.2. The van der Waals surface area contributed by atoms with Crippen molar-refractivity contribution in [3.63, 3.8) is 0 Å². The van der Waals surface area contributed by atoms with E-state index in [1.54, 1.807) is 0 Å². The zero-order valence-electron chi connectivity index (χ0n) is 17.4. The van der Waals surface area contributed by atoms with Crippen LogP contribution in [-0.4, -0.2) is 40.5 Å². The fraction of sp³-hybridized carbons (Fsp3) is 0.440. The molecule has 2 aromatic rings. The molecule has 0 aromatic heterocycles. The van der Waals surface area contributed by atoms with Crippen molar-refractivity contribution >= 4 is 17.3 Å². The normalized spacial score (nSPS) is 20.1. The predicted molar refractivity (Wildman–Crippen MR) is 122 cm³/mol. The van der Waals surface area contributed by atoms with Gasteiger partial charge in [-0.15, -0.1) is 0 Å². The highest BCUT2D eigenvalue weighted by molar-refractivity contribution is 7.92. The van der Waals surface area contributed by atoms with E-state index in [0.29, 0.717) is 13.0 Å². The van der Waals surface area contributed by atoms with Crippen LogP contribution in [0.15, 0.2) is 71.6 Å². The number of rotatable bonds is 11. The van der Waals surface area contributed by atoms with Gasteiger partial charge in [-0.05, 0) is 73.5 Å². The van der Waals surface area contributed by atoms with Gasteiger partial charge in [0.25, 0.3) is 0 Å². The van der Waals surface area contributed by atoms with Crippen LogP contribution in [0.1, 0.15) is 44.1 Å². The van der Waals surface area contributed by atoms with E-state index in [1.165, 1.54) is 0 Å². The van der Waals surface area contributed by atoms with Gasteiger partial charge in [-0.2, -0.15) is 0 Å². The van der Waals surface area contributed by atoms with Gasteiger partial charge in [0.05, 0.1) is 0 Å². The molecule has 0 bridgehead atoms. The lowest BCUT2D eigenvalue weighted by Gasteiger charge is -2.24. The second-order valence-electron chi connectivity index (χ2n) is 7.57. The lowest BCUT2D eigenvalue weighted by atomic mass is 10.1. The van der Waals surface area contributed by atoms with Crippen LogP contribution in [0.4, 0.5) is 0 Å². The molecule has 30 heavy (non-hydrogen) atoms. The molecule has 1 aliphatic heterocycles. The molecule has 0 radical (unpaired) electrons. The Labute approximate surface area is 183 Å². The highest BCUT2D eigenvalue weighted by atomic mass is 32.2. The summed E-state index contributed by atoms with van der Waals surface area (Å²) in [7, 11) is 0. The van der Waals surface area contributed by atoms with Crippen LogP contribution < -0.4 is 0 Å². The van der Waals surface area contributed by atoms with E-state index >= 15 is 0 Å². The molecule has 2 aromatic carbocycles. The van der Waals surface area contributed by atoms with Gasteiger partial charge in [0.1, 0.15) is 6.10 Å². The summed E-state index contributed by atoms with van der Waals surface area (Å²) < 4.78 is 24.5. The lowest BCUT2D eigenvalue weighted by molar-refractivity contribution is -0.162. The first-order valence-electron chi connectivity index (χ1n) is 10.8. The van der Waals surface area contributed by atoms with Gasteiger partial charge in [-0.25, -0.2) is 0 Å². The molecule has 1 fully saturated rings. The van der Waals surface area contributed by atoms with Crippen molar-refractivity contribution < 1.29 is 19.1 Å². The Morgan fingerprint density at radius 2 is 1.80 bits per heavy atom. The van der Waals surface area contributed by atoms with Crippen LogP contribution in [0.25, 0.3) is 6.08 Å². The summed E-state index contributed by atoms with van der Waals surface area (Å²) >= 11 is -1.32. The predicted octanol–water partition coefficient (Wildman–Crippen LogP) is 4.95. The lowest BCUT2D eigenvalue weighted by Crippen LogP contribution is -2.32. The van der Waals surface area contributed by atoms with Crippen molar-refractivity contribution in [1.29, 1.82) is 0 Å². The summed E-state index contributed by atoms with van der Waals surface area (Å²) in [5.41, 5.74) is 1.03. The summed E-state index contributed by atoms with van der Waals surface area (Å²) in [5, 5.41) is 10.4. The molecule has 1 N–H and O–H groups in total. The van der Waals surface area contributed by atoms with Crippen LogP contribution in [-0.2, 0) is 20.6 Å². The summed E-state index contributed by atoms with van der Waals surface area (Å²) in [6, 6.07) is 19.3. The van der Waals surface area contributed by atoms with Gasteiger partial charge in [-0.3, -0.25) is 0 Å². The molecule has 2 unspecified atom stereocenters. The minimum Gasteiger partial charge on any atom is -0.611 e. The molecule has 0 spiro atoms. The molecule has 162 valence electrons. The monoisotopic (exact) mass is 428 g/mol. The summed E-state index contributed by atoms with van der Waals surface area (Å²) in [5.74, 6) is 0. The maximum Gasteiger partial charge on any atom is 0.165 e. The third kappa shape index (κ3) is 7.56. The topological polar surface area (TPSA) is 61.8 Å². The summed E-state index contributed by atoms with van der Waals surface area (Å²) in [6.45, 7) is 1.41. The molecule has 1 aliphatic rings. The fourth-order valence-corrected chi connectivity index (χ4v) is 4.88. The standard InChI is InChI=1S/C25H32O4S/c26-23(15-7-9-19-28-25-16-8-10-20-29-25)24(18-17-21-11-3-1-4-12-21)30(27)22-13-5-2-6-14-22/h1-6,11-14,17-18,23-26H,7-10,15-16,19-20H2/b18-17+/t23-,24+,25?,30?/m0/s1. The van der Waals surface area contributed by atoms with Crippen molar-refractivity contribution in [2.75, 3.05) is 13.2 Å². The minimum atomic E-state index is -1.32. The van der Waals surface area contributed by atoms with E-state index in [0.717, 1.165) is 49.2 Å². The van der Waals surface area contributed by atoms with E-state index in [4.69, 9.17) is 9.47 Å². The van der Waals surface area contributed by atoms with E-state index in [-0.39, 0.29) is 6.29 Å². The Morgan fingerprint density at radius 1 is 1.07 bits per heavy atom. The highest BCUT2D eigenvalue weighted by Gasteiger charge is 2.29. The smallest absolute Gasteiger partial charge is 0.165 e. The van der Waals surface area contributed by atoms with Gasteiger partial charge in [-0.1, -0.05) is 54.6 Å². The first-order chi connectivity index (χ1) is 14.7. The molecule has 1 heterocycles. The molecular formula is C25H32O4S. The first-order valence-corrected chi connectivity index (χ1v) is 12.1. The van der Waals surface area contributed by atoms with Crippen LogP contribution in [0.3, 0.4) is 0 Å². The third-order valence-corrected chi connectivity index (χ3v) is 6.92. The van der Waals surface area contributed by atoms with E-state index in [1.807, 2.05) is 72.8 Å². The number of hydrogen-bond donors (Lipinski definition) is 1. The number of benzene rings is 2. The SMILES string of the molecule is [O-][S+](c1ccccc1)[C@H](/C=C/c1ccccc1)[C@@H](O)CCCCOC1CCCCO1. The van der Waals surface area contributed by atoms with Crippen molar-refractivity contribution in [3.8, 4) is 0 Å². The molecule has 5 heteroatoms. The average Bonchev–Trinajstić information content (AvgIpc) is 2.81. The van der Waals surface area contributed by atoms with Crippen molar-refractivity contribution in [1.82, 2.24) is 0 Å². The number of ether oxygens (including phenoxy) is 2. The van der Waals surface area contributed by atoms with Crippen molar-refractivity contribution in [2.24, 2.45) is 0 Å². The molecule has 0 saturated carbocycles. The number of hydrogen-bond acceptors (Lipinski definition) is 4. The van der Waals surface area contributed by atoms with Gasteiger partial charge >= 0.3 is 0 Å². The fourth-order valence-electron chi connectivity index (χ4n) is 3.50. The molecule has 0 aliphatic carbocycles. The molecule has 3 rings (SSSR count). The van der Waals surface area contributed by atoms with Gasteiger partial charge < -0.3 is 19.1 Å². The van der Waals surface area contributed by atoms with Crippen LogP contribution in [0, 0.1) is 0 Å². The zero-order valence-corrected chi connectivity index (χ0v) is 18.2. The van der Waals surface area contributed by atoms with E-state index in [2.05, 4.69) is 0 Å². The Hall–Kier alpha value is -1.63. The first kappa shape index (κ1) is 23.0. The van der Waals surface area contributed by atoms with Crippen LogP contribution in [0.5, 0.6) is 0 Å². The third-order valence-electron chi connectivity index (χ3n) is 5.22. The molecule has 4 nitrogen and oxygen atoms in total. The minimum absolute atomic E-state index is 0.0733. The number of unbranched alkanes of at least 4 members (excludes halogenated alkanes) is 1. The van der Waals surface area contributed by atoms with Crippen LogP contribution in [0.2, 0.25) is 0 Å². The summed E-state index contributed by atoms with van der Waals surface area (Å²) in [6.07, 6.45) is 8.55. The van der Waals surface area contributed by atoms with Gasteiger partial charge in [0, 0.05) is 13.2 Å². The van der Waals surface area contributed by atoms with Crippen molar-refractivity contribution in [3.05, 3.63) is 72.3 Å². The quantitative estimate of drug-likeness (QED) is 0.406. The zero-order chi connectivity index (χ0) is 21.0. The molecular weight excluding hydrogens is 396 g/mol. The maximum atomic E-state index is 13.2. The Balaban J connectivity index is 1.54.